The molecule has 3 heterocycles. The molecule has 23 heavy (non-hydrogen) atoms. The molecule has 126 valence electrons. The second kappa shape index (κ2) is 6.75. The number of sulfone groups is 1. The first kappa shape index (κ1) is 16.7. The van der Waals surface area contributed by atoms with Gasteiger partial charge in [-0.15, -0.1) is 11.3 Å². The topological polar surface area (TPSA) is 57.7 Å². The molecule has 2 saturated heterocycles. The average molecular weight is 354 g/mol. The largest absolute Gasteiger partial charge is 0.337 e. The molecular formula is C16H22N2O3S2. The third-order valence-corrected chi connectivity index (χ3v) is 7.36. The van der Waals surface area contributed by atoms with Crippen LogP contribution in [-0.2, 0) is 14.6 Å². The van der Waals surface area contributed by atoms with Gasteiger partial charge in [0.2, 0.25) is 5.91 Å². The van der Waals surface area contributed by atoms with Crippen LogP contribution in [0, 0.1) is 6.92 Å². The zero-order valence-corrected chi connectivity index (χ0v) is 14.9. The predicted molar refractivity (Wildman–Crippen MR) is 93.3 cm³/mol. The minimum absolute atomic E-state index is 0.0384. The highest BCUT2D eigenvalue weighted by molar-refractivity contribution is 7.91. The number of piperazine rings is 1. The van der Waals surface area contributed by atoms with Gasteiger partial charge < -0.3 is 4.90 Å². The lowest BCUT2D eigenvalue weighted by Crippen LogP contribution is -2.52. The van der Waals surface area contributed by atoms with Gasteiger partial charge in [-0.3, -0.25) is 9.69 Å². The van der Waals surface area contributed by atoms with Crippen LogP contribution in [0.2, 0.25) is 0 Å². The molecule has 0 radical (unpaired) electrons. The highest BCUT2D eigenvalue weighted by atomic mass is 32.2. The number of hydrogen-bond donors (Lipinski definition) is 0. The molecule has 5 nitrogen and oxygen atoms in total. The Bertz CT molecular complexity index is 701. The van der Waals surface area contributed by atoms with Gasteiger partial charge in [0.05, 0.1) is 11.5 Å². The standard InChI is InChI=1S/C16H22N2O3S2/c1-13-4-10-22-15(13)2-3-16(19)18-8-6-17(7-9-18)14-5-11-23(20,21)12-14/h2-4,10,14H,5-9,11-12H2,1H3/b3-2+/t14-/m1/s1. The van der Waals surface area contributed by atoms with Crippen LogP contribution in [0.5, 0.6) is 0 Å². The van der Waals surface area contributed by atoms with Gasteiger partial charge >= 0.3 is 0 Å². The molecule has 1 aromatic heterocycles. The van der Waals surface area contributed by atoms with Crippen molar-refractivity contribution in [2.75, 3.05) is 37.7 Å². The minimum atomic E-state index is -2.84. The van der Waals surface area contributed by atoms with Gasteiger partial charge in [-0.05, 0) is 36.4 Å². The first-order valence-corrected chi connectivity index (χ1v) is 10.6. The molecular weight excluding hydrogens is 332 g/mol. The van der Waals surface area contributed by atoms with E-state index in [1.54, 1.807) is 17.4 Å². The fourth-order valence-corrected chi connectivity index (χ4v) is 5.76. The summed E-state index contributed by atoms with van der Waals surface area (Å²) in [6, 6.07) is 2.19. The van der Waals surface area contributed by atoms with Crippen molar-refractivity contribution in [3.05, 3.63) is 28.0 Å². The van der Waals surface area contributed by atoms with Gasteiger partial charge in [0.15, 0.2) is 9.84 Å². The third-order valence-electron chi connectivity index (χ3n) is 4.63. The summed E-state index contributed by atoms with van der Waals surface area (Å²) in [5, 5.41) is 2.02. The fraction of sp³-hybridized carbons (Fsp3) is 0.562. The summed E-state index contributed by atoms with van der Waals surface area (Å²) in [6.07, 6.45) is 4.26. The molecule has 3 rings (SSSR count). The molecule has 1 aromatic rings. The van der Waals surface area contributed by atoms with E-state index in [1.165, 1.54) is 5.56 Å². The van der Waals surface area contributed by atoms with E-state index in [9.17, 15) is 13.2 Å². The van der Waals surface area contributed by atoms with Crippen molar-refractivity contribution in [1.82, 2.24) is 9.80 Å². The third kappa shape index (κ3) is 4.02. The zero-order valence-electron chi connectivity index (χ0n) is 13.3. The summed E-state index contributed by atoms with van der Waals surface area (Å²) < 4.78 is 23.2. The Morgan fingerprint density at radius 2 is 2.04 bits per heavy atom. The molecule has 2 aliphatic rings. The van der Waals surface area contributed by atoms with Crippen LogP contribution in [0.4, 0.5) is 0 Å². The lowest BCUT2D eigenvalue weighted by atomic mass is 10.2. The summed E-state index contributed by atoms with van der Waals surface area (Å²) >= 11 is 1.63. The Morgan fingerprint density at radius 1 is 1.30 bits per heavy atom. The van der Waals surface area contributed by atoms with E-state index in [2.05, 4.69) is 4.90 Å². The molecule has 0 aliphatic carbocycles. The Morgan fingerprint density at radius 3 is 2.61 bits per heavy atom. The summed E-state index contributed by atoms with van der Waals surface area (Å²) in [5.41, 5.74) is 1.19. The SMILES string of the molecule is Cc1ccsc1/C=C/C(=O)N1CCN([C@@H]2CCS(=O)(=O)C2)CC1. The number of carbonyl (C=O) groups is 1. The van der Waals surface area contributed by atoms with Crippen LogP contribution in [0.25, 0.3) is 6.08 Å². The van der Waals surface area contributed by atoms with E-state index in [0.717, 1.165) is 24.4 Å². The van der Waals surface area contributed by atoms with Gasteiger partial charge in [0.1, 0.15) is 0 Å². The maximum Gasteiger partial charge on any atom is 0.246 e. The number of nitrogens with zero attached hydrogens (tertiary/aromatic N) is 2. The second-order valence-electron chi connectivity index (χ2n) is 6.22. The van der Waals surface area contributed by atoms with Crippen molar-refractivity contribution in [3.63, 3.8) is 0 Å². The number of carbonyl (C=O) groups excluding carboxylic acids is 1. The van der Waals surface area contributed by atoms with Crippen molar-refractivity contribution in [2.24, 2.45) is 0 Å². The highest BCUT2D eigenvalue weighted by Crippen LogP contribution is 2.20. The van der Waals surface area contributed by atoms with Crippen molar-refractivity contribution < 1.29 is 13.2 Å². The summed E-state index contributed by atoms with van der Waals surface area (Å²) in [7, 11) is -2.84. The van der Waals surface area contributed by atoms with Crippen LogP contribution < -0.4 is 0 Å². The zero-order chi connectivity index (χ0) is 16.4. The summed E-state index contributed by atoms with van der Waals surface area (Å²) in [4.78, 5) is 17.5. The number of aryl methyl sites for hydroxylation is 1. The van der Waals surface area contributed by atoms with Gasteiger partial charge in [0, 0.05) is 43.2 Å². The molecule has 1 atom stereocenters. The molecule has 0 spiro atoms. The Hall–Kier alpha value is -1.18. The smallest absolute Gasteiger partial charge is 0.246 e. The van der Waals surface area contributed by atoms with Gasteiger partial charge in [-0.25, -0.2) is 8.42 Å². The van der Waals surface area contributed by atoms with E-state index >= 15 is 0 Å². The molecule has 0 aromatic carbocycles. The first-order chi connectivity index (χ1) is 10.9. The molecule has 0 N–H and O–H groups in total. The van der Waals surface area contributed by atoms with Crippen molar-refractivity contribution in [2.45, 2.75) is 19.4 Å². The van der Waals surface area contributed by atoms with E-state index in [-0.39, 0.29) is 17.7 Å². The monoisotopic (exact) mass is 354 g/mol. The molecule has 7 heteroatoms. The molecule has 0 bridgehead atoms. The van der Waals surface area contributed by atoms with Gasteiger partial charge in [0.25, 0.3) is 0 Å². The van der Waals surface area contributed by atoms with Crippen molar-refractivity contribution >= 4 is 33.2 Å². The van der Waals surface area contributed by atoms with E-state index in [1.807, 2.05) is 29.3 Å². The fourth-order valence-electron chi connectivity index (χ4n) is 3.18. The highest BCUT2D eigenvalue weighted by Gasteiger charge is 2.34. The Balaban J connectivity index is 1.52. The van der Waals surface area contributed by atoms with E-state index in [0.29, 0.717) is 18.8 Å². The van der Waals surface area contributed by atoms with Gasteiger partial charge in [-0.2, -0.15) is 0 Å². The second-order valence-corrected chi connectivity index (χ2v) is 9.40. The quantitative estimate of drug-likeness (QED) is 0.770. The van der Waals surface area contributed by atoms with E-state index < -0.39 is 9.84 Å². The number of hydrogen-bond acceptors (Lipinski definition) is 5. The summed E-state index contributed by atoms with van der Waals surface area (Å²) in [5.74, 6) is 0.620. The van der Waals surface area contributed by atoms with E-state index in [4.69, 9.17) is 0 Å². The summed E-state index contributed by atoms with van der Waals surface area (Å²) in [6.45, 7) is 4.90. The molecule has 1 amide bonds. The Labute approximate surface area is 141 Å². The average Bonchev–Trinajstić information content (AvgIpc) is 3.10. The minimum Gasteiger partial charge on any atom is -0.337 e. The van der Waals surface area contributed by atoms with Crippen LogP contribution >= 0.6 is 11.3 Å². The first-order valence-electron chi connectivity index (χ1n) is 7.90. The molecule has 2 fully saturated rings. The van der Waals surface area contributed by atoms with Crippen molar-refractivity contribution in [1.29, 1.82) is 0 Å². The number of rotatable bonds is 3. The predicted octanol–water partition coefficient (Wildman–Crippen LogP) is 1.40. The molecule has 0 saturated carbocycles. The van der Waals surface area contributed by atoms with Gasteiger partial charge in [-0.1, -0.05) is 0 Å². The van der Waals surface area contributed by atoms with Crippen molar-refractivity contribution in [3.8, 4) is 0 Å². The van der Waals surface area contributed by atoms with Crippen LogP contribution in [0.15, 0.2) is 17.5 Å². The van der Waals surface area contributed by atoms with Crippen LogP contribution in [0.3, 0.4) is 0 Å². The van der Waals surface area contributed by atoms with Crippen LogP contribution in [0.1, 0.15) is 16.9 Å². The maximum absolute atomic E-state index is 12.3. The Kier molecular flexibility index (Phi) is 4.89. The van der Waals surface area contributed by atoms with Crippen LogP contribution in [-0.4, -0.2) is 67.9 Å². The number of amides is 1. The lowest BCUT2D eigenvalue weighted by molar-refractivity contribution is -0.127. The maximum atomic E-state index is 12.3. The lowest BCUT2D eigenvalue weighted by Gasteiger charge is -2.37. The normalized spacial score (nSPS) is 25.3. The molecule has 2 aliphatic heterocycles. The molecule has 0 unspecified atom stereocenters. The number of thiophene rings is 1.